The van der Waals surface area contributed by atoms with Crippen LogP contribution in [0.15, 0.2) is 61.1 Å². The Kier molecular flexibility index (Phi) is 7.01. The Morgan fingerprint density at radius 1 is 1.13 bits per heavy atom. The number of benzene rings is 1. The van der Waals surface area contributed by atoms with Gasteiger partial charge in [0.05, 0.1) is 34.7 Å². The fourth-order valence-corrected chi connectivity index (χ4v) is 4.90. The van der Waals surface area contributed by atoms with Crippen molar-refractivity contribution in [2.24, 2.45) is 0 Å². The van der Waals surface area contributed by atoms with Crippen LogP contribution in [0.4, 0.5) is 5.82 Å². The quantitative estimate of drug-likeness (QED) is 0.354. The standard InChI is InChI=1S/C31H31N5O3/c1-4-22-5-7-23(8-6-22)16-31(38)11-13-35(14-12-31)28-10-9-24(18-33-28)27-15-26(39-21-30(2,3)37)20-36-29(27)25(17-32)19-34-36/h1,5-10,15,18-20,37-38H,11-14,16,21H2,2-3H3. The second-order valence-electron chi connectivity index (χ2n) is 10.8. The van der Waals surface area contributed by atoms with E-state index in [4.69, 9.17) is 16.1 Å². The number of anilines is 1. The van der Waals surface area contributed by atoms with Gasteiger partial charge in [-0.15, -0.1) is 6.42 Å². The third kappa shape index (κ3) is 5.88. The van der Waals surface area contributed by atoms with Crippen LogP contribution in [0.1, 0.15) is 43.4 Å². The zero-order chi connectivity index (χ0) is 27.6. The van der Waals surface area contributed by atoms with E-state index >= 15 is 0 Å². The molecule has 0 atom stereocenters. The minimum absolute atomic E-state index is 0.110. The molecule has 8 heteroatoms. The van der Waals surface area contributed by atoms with Crippen molar-refractivity contribution in [1.29, 1.82) is 5.26 Å². The average Bonchev–Trinajstić information content (AvgIpc) is 3.35. The highest BCUT2D eigenvalue weighted by atomic mass is 16.5. The van der Waals surface area contributed by atoms with Crippen LogP contribution in [0.3, 0.4) is 0 Å². The summed E-state index contributed by atoms with van der Waals surface area (Å²) in [4.78, 5) is 6.90. The normalized spacial score (nSPS) is 15.1. The van der Waals surface area contributed by atoms with E-state index in [2.05, 4.69) is 22.0 Å². The van der Waals surface area contributed by atoms with E-state index in [0.29, 0.717) is 49.2 Å². The van der Waals surface area contributed by atoms with Crippen molar-refractivity contribution in [2.45, 2.75) is 44.3 Å². The number of rotatable bonds is 7. The Hall–Kier alpha value is -4.37. The van der Waals surface area contributed by atoms with Crippen LogP contribution in [-0.2, 0) is 6.42 Å². The minimum Gasteiger partial charge on any atom is -0.489 e. The molecule has 5 rings (SSSR count). The summed E-state index contributed by atoms with van der Waals surface area (Å²) >= 11 is 0. The van der Waals surface area contributed by atoms with Gasteiger partial charge < -0.3 is 19.8 Å². The van der Waals surface area contributed by atoms with Gasteiger partial charge >= 0.3 is 0 Å². The van der Waals surface area contributed by atoms with E-state index in [0.717, 1.165) is 28.1 Å². The fraction of sp³-hybridized carbons (Fsp3) is 0.323. The molecule has 1 aliphatic heterocycles. The van der Waals surface area contributed by atoms with Gasteiger partial charge in [-0.3, -0.25) is 0 Å². The van der Waals surface area contributed by atoms with Crippen LogP contribution in [-0.4, -0.2) is 55.7 Å². The maximum atomic E-state index is 11.2. The first-order chi connectivity index (χ1) is 18.7. The topological polar surface area (TPSA) is 107 Å². The van der Waals surface area contributed by atoms with E-state index in [1.807, 2.05) is 42.5 Å². The number of piperidine rings is 1. The van der Waals surface area contributed by atoms with Gasteiger partial charge in [0.25, 0.3) is 0 Å². The lowest BCUT2D eigenvalue weighted by Gasteiger charge is -2.39. The molecule has 198 valence electrons. The molecule has 4 aromatic rings. The number of hydrogen-bond acceptors (Lipinski definition) is 7. The molecule has 0 bridgehead atoms. The molecular formula is C31H31N5O3. The van der Waals surface area contributed by atoms with Crippen molar-refractivity contribution in [1.82, 2.24) is 14.6 Å². The summed E-state index contributed by atoms with van der Waals surface area (Å²) in [6, 6.07) is 15.8. The highest BCUT2D eigenvalue weighted by Crippen LogP contribution is 2.33. The molecule has 2 N–H and O–H groups in total. The minimum atomic E-state index is -0.993. The van der Waals surface area contributed by atoms with E-state index < -0.39 is 11.2 Å². The number of nitriles is 1. The summed E-state index contributed by atoms with van der Waals surface area (Å²) in [6.45, 7) is 4.85. The molecule has 0 saturated carbocycles. The Bertz CT molecular complexity index is 1550. The van der Waals surface area contributed by atoms with Crippen molar-refractivity contribution in [2.75, 3.05) is 24.6 Å². The predicted molar refractivity (Wildman–Crippen MR) is 149 cm³/mol. The van der Waals surface area contributed by atoms with Gasteiger partial charge in [0.2, 0.25) is 0 Å². The number of terminal acetylenes is 1. The summed E-state index contributed by atoms with van der Waals surface area (Å²) in [5, 5.41) is 35.2. The molecule has 8 nitrogen and oxygen atoms in total. The van der Waals surface area contributed by atoms with Gasteiger partial charge in [0.1, 0.15) is 24.2 Å². The number of ether oxygens (including phenoxy) is 1. The first-order valence-electron chi connectivity index (χ1n) is 12.9. The Labute approximate surface area is 228 Å². The van der Waals surface area contributed by atoms with E-state index in [1.165, 1.54) is 6.20 Å². The van der Waals surface area contributed by atoms with Crippen LogP contribution < -0.4 is 9.64 Å². The van der Waals surface area contributed by atoms with Crippen molar-refractivity contribution in [3.63, 3.8) is 0 Å². The fourth-order valence-electron chi connectivity index (χ4n) is 4.90. The van der Waals surface area contributed by atoms with Gasteiger partial charge in [-0.1, -0.05) is 18.1 Å². The lowest BCUT2D eigenvalue weighted by Crippen LogP contribution is -2.46. The number of pyridine rings is 2. The summed E-state index contributed by atoms with van der Waals surface area (Å²) in [5.74, 6) is 3.98. The van der Waals surface area contributed by atoms with E-state index in [-0.39, 0.29) is 6.61 Å². The van der Waals surface area contributed by atoms with E-state index in [1.54, 1.807) is 30.8 Å². The molecule has 0 unspecified atom stereocenters. The van der Waals surface area contributed by atoms with Crippen LogP contribution in [0.2, 0.25) is 0 Å². The van der Waals surface area contributed by atoms with Gasteiger partial charge in [0.15, 0.2) is 0 Å². The number of nitrogens with zero attached hydrogens (tertiary/aromatic N) is 5. The predicted octanol–water partition coefficient (Wildman–Crippen LogP) is 3.97. The highest BCUT2D eigenvalue weighted by molar-refractivity contribution is 5.85. The highest BCUT2D eigenvalue weighted by Gasteiger charge is 2.33. The van der Waals surface area contributed by atoms with Crippen LogP contribution in [0.25, 0.3) is 16.6 Å². The molecule has 0 amide bonds. The smallest absolute Gasteiger partial charge is 0.138 e. The molecule has 1 aromatic carbocycles. The lowest BCUT2D eigenvalue weighted by molar-refractivity contribution is 0.0164. The SMILES string of the molecule is C#Cc1ccc(CC2(O)CCN(c3ccc(-c4cc(OCC(C)(C)O)cn5ncc(C#N)c45)cn3)CC2)cc1. The zero-order valence-electron chi connectivity index (χ0n) is 22.1. The second-order valence-corrected chi connectivity index (χ2v) is 10.8. The molecule has 0 spiro atoms. The van der Waals surface area contributed by atoms with Crippen LogP contribution in [0.5, 0.6) is 5.75 Å². The summed E-state index contributed by atoms with van der Waals surface area (Å²) in [6.07, 6.45) is 12.3. The Morgan fingerprint density at radius 2 is 1.87 bits per heavy atom. The Morgan fingerprint density at radius 3 is 2.49 bits per heavy atom. The molecule has 0 radical (unpaired) electrons. The monoisotopic (exact) mass is 521 g/mol. The molecule has 39 heavy (non-hydrogen) atoms. The molecular weight excluding hydrogens is 490 g/mol. The lowest BCUT2D eigenvalue weighted by atomic mass is 9.85. The first-order valence-corrected chi connectivity index (χ1v) is 12.9. The number of aliphatic hydroxyl groups is 2. The van der Waals surface area contributed by atoms with Crippen molar-refractivity contribution in [3.8, 4) is 35.3 Å². The summed E-state index contributed by atoms with van der Waals surface area (Å²) in [5.41, 5.74) is 2.85. The number of aromatic nitrogens is 3. The van der Waals surface area contributed by atoms with Crippen molar-refractivity contribution >= 4 is 11.3 Å². The number of hydrogen-bond donors (Lipinski definition) is 2. The van der Waals surface area contributed by atoms with Crippen LogP contribution in [0, 0.1) is 23.7 Å². The molecule has 4 heterocycles. The average molecular weight is 522 g/mol. The first kappa shape index (κ1) is 26.2. The second kappa shape index (κ2) is 10.4. The van der Waals surface area contributed by atoms with Gasteiger partial charge in [0, 0.05) is 42.4 Å². The maximum absolute atomic E-state index is 11.2. The van der Waals surface area contributed by atoms with Crippen LogP contribution >= 0.6 is 0 Å². The summed E-state index contributed by atoms with van der Waals surface area (Å²) < 4.78 is 7.44. The summed E-state index contributed by atoms with van der Waals surface area (Å²) in [7, 11) is 0. The molecule has 1 aliphatic rings. The Balaban J connectivity index is 1.33. The van der Waals surface area contributed by atoms with Gasteiger partial charge in [-0.2, -0.15) is 10.4 Å². The molecule has 1 fully saturated rings. The molecule has 3 aromatic heterocycles. The molecule has 0 aliphatic carbocycles. The largest absolute Gasteiger partial charge is 0.489 e. The van der Waals surface area contributed by atoms with E-state index in [9.17, 15) is 15.5 Å². The third-order valence-electron chi connectivity index (χ3n) is 7.03. The van der Waals surface area contributed by atoms with Gasteiger partial charge in [-0.25, -0.2) is 9.50 Å². The molecule has 1 saturated heterocycles. The third-order valence-corrected chi connectivity index (χ3v) is 7.03. The van der Waals surface area contributed by atoms with Crippen molar-refractivity contribution < 1.29 is 14.9 Å². The number of fused-ring (bicyclic) bond motifs is 1. The van der Waals surface area contributed by atoms with Gasteiger partial charge in [-0.05, 0) is 62.6 Å². The van der Waals surface area contributed by atoms with Crippen molar-refractivity contribution in [3.05, 3.63) is 77.7 Å². The maximum Gasteiger partial charge on any atom is 0.138 e. The zero-order valence-corrected chi connectivity index (χ0v) is 22.1.